The molecular formula is C15H22N2O2. The van der Waals surface area contributed by atoms with Crippen molar-refractivity contribution in [2.75, 3.05) is 6.61 Å². The summed E-state index contributed by atoms with van der Waals surface area (Å²) in [4.78, 5) is 11.5. The largest absolute Gasteiger partial charge is 0.493 e. The molecule has 1 aliphatic rings. The topological polar surface area (TPSA) is 64.3 Å². The number of ether oxygens (including phenoxy) is 1. The fourth-order valence-electron chi connectivity index (χ4n) is 2.37. The highest BCUT2D eigenvalue weighted by Crippen LogP contribution is 2.31. The van der Waals surface area contributed by atoms with Gasteiger partial charge in [0, 0.05) is 12.1 Å². The SMILES string of the molecule is CC(C)NC(=O)CCOc1ccc2c(c1)CC[C@H]2N. The van der Waals surface area contributed by atoms with Crippen LogP contribution in [0.25, 0.3) is 0 Å². The molecule has 0 radical (unpaired) electrons. The van der Waals surface area contributed by atoms with E-state index < -0.39 is 0 Å². The van der Waals surface area contributed by atoms with E-state index in [1.807, 2.05) is 32.0 Å². The van der Waals surface area contributed by atoms with Crippen LogP contribution in [0.1, 0.15) is 43.9 Å². The molecule has 1 amide bonds. The van der Waals surface area contributed by atoms with Gasteiger partial charge in [-0.25, -0.2) is 0 Å². The van der Waals surface area contributed by atoms with Gasteiger partial charge >= 0.3 is 0 Å². The Labute approximate surface area is 114 Å². The number of carbonyl (C=O) groups excluding carboxylic acids is 1. The van der Waals surface area contributed by atoms with E-state index in [2.05, 4.69) is 5.32 Å². The van der Waals surface area contributed by atoms with Gasteiger partial charge in [-0.15, -0.1) is 0 Å². The lowest BCUT2D eigenvalue weighted by Crippen LogP contribution is -2.31. The minimum absolute atomic E-state index is 0.0261. The number of amides is 1. The summed E-state index contributed by atoms with van der Waals surface area (Å²) in [6.45, 7) is 4.30. The number of nitrogens with one attached hydrogen (secondary N) is 1. The second kappa shape index (κ2) is 6.06. The molecule has 0 unspecified atom stereocenters. The normalized spacial score (nSPS) is 17.4. The van der Waals surface area contributed by atoms with E-state index in [1.54, 1.807) is 0 Å². The third-order valence-corrected chi connectivity index (χ3v) is 3.29. The van der Waals surface area contributed by atoms with Crippen molar-refractivity contribution in [3.63, 3.8) is 0 Å². The number of benzene rings is 1. The van der Waals surface area contributed by atoms with Crippen LogP contribution >= 0.6 is 0 Å². The maximum atomic E-state index is 11.5. The van der Waals surface area contributed by atoms with Crippen molar-refractivity contribution in [3.05, 3.63) is 29.3 Å². The van der Waals surface area contributed by atoms with Crippen molar-refractivity contribution < 1.29 is 9.53 Å². The van der Waals surface area contributed by atoms with Crippen LogP contribution in [-0.4, -0.2) is 18.6 Å². The smallest absolute Gasteiger partial charge is 0.223 e. The van der Waals surface area contributed by atoms with Gasteiger partial charge < -0.3 is 15.8 Å². The molecule has 2 rings (SSSR count). The minimum atomic E-state index is 0.0261. The molecule has 0 spiro atoms. The second-order valence-electron chi connectivity index (χ2n) is 5.33. The predicted molar refractivity (Wildman–Crippen MR) is 75.1 cm³/mol. The van der Waals surface area contributed by atoms with E-state index in [-0.39, 0.29) is 18.0 Å². The Balaban J connectivity index is 1.83. The van der Waals surface area contributed by atoms with E-state index >= 15 is 0 Å². The van der Waals surface area contributed by atoms with Crippen LogP contribution in [0, 0.1) is 0 Å². The second-order valence-corrected chi connectivity index (χ2v) is 5.33. The molecule has 0 bridgehead atoms. The fraction of sp³-hybridized carbons (Fsp3) is 0.533. The summed E-state index contributed by atoms with van der Waals surface area (Å²) in [6.07, 6.45) is 2.41. The molecule has 19 heavy (non-hydrogen) atoms. The molecule has 0 aromatic heterocycles. The van der Waals surface area contributed by atoms with E-state index in [4.69, 9.17) is 10.5 Å². The monoisotopic (exact) mass is 262 g/mol. The fourth-order valence-corrected chi connectivity index (χ4v) is 2.37. The Bertz CT molecular complexity index is 457. The number of rotatable bonds is 5. The Hall–Kier alpha value is -1.55. The number of fused-ring (bicyclic) bond motifs is 1. The van der Waals surface area contributed by atoms with Crippen molar-refractivity contribution in [2.24, 2.45) is 5.73 Å². The molecule has 4 heteroatoms. The van der Waals surface area contributed by atoms with Gasteiger partial charge in [0.15, 0.2) is 0 Å². The van der Waals surface area contributed by atoms with Crippen molar-refractivity contribution in [2.45, 2.75) is 45.2 Å². The lowest BCUT2D eigenvalue weighted by Gasteiger charge is -2.10. The van der Waals surface area contributed by atoms with E-state index in [9.17, 15) is 4.79 Å². The molecule has 0 saturated heterocycles. The number of nitrogens with two attached hydrogens (primary N) is 1. The van der Waals surface area contributed by atoms with E-state index in [1.165, 1.54) is 11.1 Å². The van der Waals surface area contributed by atoms with Gasteiger partial charge in [-0.2, -0.15) is 0 Å². The van der Waals surface area contributed by atoms with Crippen LogP contribution < -0.4 is 15.8 Å². The number of carbonyl (C=O) groups is 1. The summed E-state index contributed by atoms with van der Waals surface area (Å²) in [7, 11) is 0. The number of aryl methyl sites for hydroxylation is 1. The molecular weight excluding hydrogens is 240 g/mol. The third-order valence-electron chi connectivity index (χ3n) is 3.29. The third kappa shape index (κ3) is 3.70. The lowest BCUT2D eigenvalue weighted by molar-refractivity contribution is -0.122. The number of hydrogen-bond donors (Lipinski definition) is 2. The molecule has 3 N–H and O–H groups in total. The molecule has 1 aliphatic carbocycles. The molecule has 0 heterocycles. The Morgan fingerprint density at radius 1 is 1.53 bits per heavy atom. The van der Waals surface area contributed by atoms with Crippen molar-refractivity contribution >= 4 is 5.91 Å². The summed E-state index contributed by atoms with van der Waals surface area (Å²) in [5.41, 5.74) is 8.49. The summed E-state index contributed by atoms with van der Waals surface area (Å²) in [5.74, 6) is 0.850. The molecule has 1 atom stereocenters. The summed E-state index contributed by atoms with van der Waals surface area (Å²) >= 11 is 0. The van der Waals surface area contributed by atoms with Crippen LogP contribution in [0.3, 0.4) is 0 Å². The summed E-state index contributed by atoms with van der Waals surface area (Å²) in [6, 6.07) is 6.36. The van der Waals surface area contributed by atoms with Gasteiger partial charge in [0.05, 0.1) is 13.0 Å². The van der Waals surface area contributed by atoms with Crippen LogP contribution in [0.4, 0.5) is 0 Å². The zero-order valence-corrected chi connectivity index (χ0v) is 11.6. The number of hydrogen-bond acceptors (Lipinski definition) is 3. The van der Waals surface area contributed by atoms with Gasteiger partial charge in [0.1, 0.15) is 5.75 Å². The molecule has 0 fully saturated rings. The molecule has 1 aromatic rings. The zero-order chi connectivity index (χ0) is 13.8. The van der Waals surface area contributed by atoms with Gasteiger partial charge in [-0.1, -0.05) is 6.07 Å². The minimum Gasteiger partial charge on any atom is -0.493 e. The van der Waals surface area contributed by atoms with Gasteiger partial charge in [-0.05, 0) is 49.9 Å². The van der Waals surface area contributed by atoms with E-state index in [0.29, 0.717) is 13.0 Å². The Morgan fingerprint density at radius 3 is 3.05 bits per heavy atom. The van der Waals surface area contributed by atoms with Crippen molar-refractivity contribution in [1.82, 2.24) is 5.32 Å². The zero-order valence-electron chi connectivity index (χ0n) is 11.6. The highest BCUT2D eigenvalue weighted by Gasteiger charge is 2.19. The standard InChI is InChI=1S/C15H22N2O2/c1-10(2)17-15(18)7-8-19-12-4-5-13-11(9-12)3-6-14(13)16/h4-5,9-10,14H,3,6-8,16H2,1-2H3,(H,17,18)/t14-/m1/s1. The Kier molecular flexibility index (Phi) is 4.43. The summed E-state index contributed by atoms with van der Waals surface area (Å²) < 4.78 is 5.62. The van der Waals surface area contributed by atoms with Crippen LogP contribution in [0.15, 0.2) is 18.2 Å². The highest BCUT2D eigenvalue weighted by molar-refractivity contribution is 5.76. The van der Waals surface area contributed by atoms with Gasteiger partial charge in [0.2, 0.25) is 5.91 Å². The average Bonchev–Trinajstić information content (AvgIpc) is 2.70. The molecule has 1 aromatic carbocycles. The Morgan fingerprint density at radius 2 is 2.32 bits per heavy atom. The van der Waals surface area contributed by atoms with Gasteiger partial charge in [-0.3, -0.25) is 4.79 Å². The van der Waals surface area contributed by atoms with Crippen molar-refractivity contribution in [1.29, 1.82) is 0 Å². The van der Waals surface area contributed by atoms with Crippen LogP contribution in [0.5, 0.6) is 5.75 Å². The first kappa shape index (κ1) is 13.9. The maximum absolute atomic E-state index is 11.5. The first-order valence-electron chi connectivity index (χ1n) is 6.87. The average molecular weight is 262 g/mol. The maximum Gasteiger partial charge on any atom is 0.223 e. The summed E-state index contributed by atoms with van der Waals surface area (Å²) in [5, 5.41) is 2.84. The highest BCUT2D eigenvalue weighted by atomic mass is 16.5. The van der Waals surface area contributed by atoms with Gasteiger partial charge in [0.25, 0.3) is 0 Å². The molecule has 104 valence electrons. The first-order valence-corrected chi connectivity index (χ1v) is 6.87. The molecule has 0 aliphatic heterocycles. The van der Waals surface area contributed by atoms with E-state index in [0.717, 1.165) is 18.6 Å². The van der Waals surface area contributed by atoms with Crippen LogP contribution in [0.2, 0.25) is 0 Å². The quantitative estimate of drug-likeness (QED) is 0.852. The predicted octanol–water partition coefficient (Wildman–Crippen LogP) is 1.93. The molecule has 4 nitrogen and oxygen atoms in total. The lowest BCUT2D eigenvalue weighted by atomic mass is 10.1. The van der Waals surface area contributed by atoms with Crippen LogP contribution in [-0.2, 0) is 11.2 Å². The van der Waals surface area contributed by atoms with Crippen molar-refractivity contribution in [3.8, 4) is 5.75 Å². The first-order chi connectivity index (χ1) is 9.06. The molecule has 0 saturated carbocycles.